The van der Waals surface area contributed by atoms with Crippen LogP contribution in [0.4, 0.5) is 5.69 Å². The van der Waals surface area contributed by atoms with E-state index in [1.807, 2.05) is 0 Å². The first-order chi connectivity index (χ1) is 12.7. The molecule has 0 unspecified atom stereocenters. The van der Waals surface area contributed by atoms with Crippen molar-refractivity contribution in [3.63, 3.8) is 0 Å². The van der Waals surface area contributed by atoms with Gasteiger partial charge in [0.05, 0.1) is 17.7 Å². The summed E-state index contributed by atoms with van der Waals surface area (Å²) in [6.45, 7) is 2.19. The number of H-pyrrole nitrogens is 1. The van der Waals surface area contributed by atoms with Crippen molar-refractivity contribution in [1.29, 1.82) is 0 Å². The van der Waals surface area contributed by atoms with Crippen molar-refractivity contribution in [3.05, 3.63) is 39.7 Å². The highest BCUT2D eigenvalue weighted by Crippen LogP contribution is 2.22. The molecule has 0 saturated carbocycles. The van der Waals surface area contributed by atoms with Gasteiger partial charge in [0.1, 0.15) is 30.6 Å². The van der Waals surface area contributed by atoms with E-state index >= 15 is 0 Å². The van der Waals surface area contributed by atoms with Crippen molar-refractivity contribution in [3.8, 4) is 0 Å². The summed E-state index contributed by atoms with van der Waals surface area (Å²) < 4.78 is 0. The van der Waals surface area contributed by atoms with Crippen LogP contribution in [0.25, 0.3) is 10.9 Å². The minimum Gasteiger partial charge on any atom is -0.394 e. The van der Waals surface area contributed by atoms with Crippen LogP contribution in [0.3, 0.4) is 0 Å². The molecular formula is C18H22N2O7. The van der Waals surface area contributed by atoms with Gasteiger partial charge in [0.25, 0.3) is 5.56 Å². The van der Waals surface area contributed by atoms with E-state index in [2.05, 4.69) is 10.3 Å². The molecule has 146 valence electrons. The number of nitrogens with one attached hydrogen (secondary N) is 2. The van der Waals surface area contributed by atoms with Crippen LogP contribution in [0, 0.1) is 6.92 Å². The first kappa shape index (κ1) is 20.7. The number of carbonyl (C=O) groups is 2. The molecule has 2 aromatic rings. The molecule has 1 aromatic heterocycles. The zero-order valence-electron chi connectivity index (χ0n) is 14.8. The molecule has 0 radical (unpaired) electrons. The predicted molar refractivity (Wildman–Crippen MR) is 97.9 cm³/mol. The van der Waals surface area contributed by atoms with E-state index in [0.29, 0.717) is 28.4 Å². The molecule has 0 spiro atoms. The summed E-state index contributed by atoms with van der Waals surface area (Å²) in [6, 6.07) is 3.47. The number of pyridine rings is 1. The topological polar surface area (TPSA) is 160 Å². The highest BCUT2D eigenvalue weighted by molar-refractivity contribution is 6.00. The quantitative estimate of drug-likeness (QED) is 0.254. The number of carbonyl (C=O) groups excluding carboxylic acids is 2. The van der Waals surface area contributed by atoms with Crippen LogP contribution in [-0.2, 0) is 4.79 Å². The first-order valence-corrected chi connectivity index (χ1v) is 8.25. The fourth-order valence-electron chi connectivity index (χ4n) is 2.92. The Bertz CT molecular complexity index is 908. The molecule has 2 rings (SSSR count). The fraction of sp³-hybridized carbons (Fsp3) is 0.389. The second-order valence-corrected chi connectivity index (χ2v) is 6.31. The van der Waals surface area contributed by atoms with E-state index < -0.39 is 36.5 Å². The number of Topliss-reactive ketones (excluding diaryl/α,β-unsaturated/α-hetero) is 1. The monoisotopic (exact) mass is 378 g/mol. The maximum atomic E-state index is 12.1. The number of aldehydes is 1. The number of aryl methyl sites for hydroxylation is 1. The summed E-state index contributed by atoms with van der Waals surface area (Å²) in [5, 5.41) is 41.4. The number of hydrogen-bond donors (Lipinski definition) is 6. The minimum absolute atomic E-state index is 0.0745. The molecule has 9 nitrogen and oxygen atoms in total. The molecule has 9 heteroatoms. The molecule has 0 aliphatic rings. The number of ketones is 1. The second kappa shape index (κ2) is 8.40. The molecule has 6 N–H and O–H groups in total. The van der Waals surface area contributed by atoms with Gasteiger partial charge in [-0.25, -0.2) is 0 Å². The van der Waals surface area contributed by atoms with Crippen molar-refractivity contribution in [2.45, 2.75) is 38.2 Å². The lowest BCUT2D eigenvalue weighted by atomic mass is 10.0. The largest absolute Gasteiger partial charge is 0.394 e. The van der Waals surface area contributed by atoms with Crippen LogP contribution < -0.4 is 10.9 Å². The van der Waals surface area contributed by atoms with E-state index in [-0.39, 0.29) is 11.3 Å². The number of fused-ring (bicyclic) bond motifs is 1. The van der Waals surface area contributed by atoms with Gasteiger partial charge in [0.2, 0.25) is 0 Å². The molecule has 4 atom stereocenters. The van der Waals surface area contributed by atoms with Crippen LogP contribution in [-0.4, -0.2) is 68.4 Å². The lowest BCUT2D eigenvalue weighted by Crippen LogP contribution is -2.49. The molecular weight excluding hydrogens is 356 g/mol. The number of benzene rings is 1. The van der Waals surface area contributed by atoms with E-state index in [1.165, 1.54) is 13.0 Å². The Morgan fingerprint density at radius 1 is 1.26 bits per heavy atom. The number of aliphatic hydroxyl groups excluding tert-OH is 4. The van der Waals surface area contributed by atoms with Crippen LogP contribution in [0.1, 0.15) is 22.8 Å². The molecule has 1 aromatic carbocycles. The standard InChI is InChI=1S/C18H22N2O7/c1-8-11-4-3-10(5-12(11)20-18(27)15(8)9(2)23)19-13(6-21)16(25)17(26)14(24)7-22/h3-6,13-14,16-17,19,22,24-26H,7H2,1-2H3,(H,20,27)/t13-,14+,16+,17+/m1/s1. The normalized spacial score (nSPS) is 15.8. The third-order valence-corrected chi connectivity index (χ3v) is 4.40. The SMILES string of the molecule is CC(=O)c1c(C)c2ccc(N[C@H](C=O)[C@H](O)[C@@H](O)[C@@H](O)CO)cc2[nH]c1=O. The number of aromatic amines is 1. The predicted octanol–water partition coefficient (Wildman–Crippen LogP) is -0.906. The highest BCUT2D eigenvalue weighted by Gasteiger charge is 2.31. The smallest absolute Gasteiger partial charge is 0.259 e. The van der Waals surface area contributed by atoms with Crippen LogP contribution in [0.15, 0.2) is 23.0 Å². The number of aromatic nitrogens is 1. The lowest BCUT2D eigenvalue weighted by Gasteiger charge is -2.27. The molecule has 0 fully saturated rings. The molecule has 27 heavy (non-hydrogen) atoms. The Hall–Kier alpha value is -2.59. The zero-order valence-corrected chi connectivity index (χ0v) is 14.8. The average Bonchev–Trinajstić information content (AvgIpc) is 2.63. The molecule has 0 aliphatic heterocycles. The van der Waals surface area contributed by atoms with Crippen LogP contribution >= 0.6 is 0 Å². The van der Waals surface area contributed by atoms with Crippen molar-refractivity contribution in [1.82, 2.24) is 4.98 Å². The highest BCUT2D eigenvalue weighted by atomic mass is 16.4. The second-order valence-electron chi connectivity index (χ2n) is 6.31. The summed E-state index contributed by atoms with van der Waals surface area (Å²) in [6.07, 6.45) is -4.67. The molecule has 0 bridgehead atoms. The zero-order chi connectivity index (χ0) is 20.3. The summed E-state index contributed by atoms with van der Waals surface area (Å²) in [4.78, 5) is 37.6. The van der Waals surface area contributed by atoms with Gasteiger partial charge >= 0.3 is 0 Å². The summed E-state index contributed by atoms with van der Waals surface area (Å²) in [5.74, 6) is -0.349. The van der Waals surface area contributed by atoms with E-state index in [9.17, 15) is 29.7 Å². The van der Waals surface area contributed by atoms with Crippen molar-refractivity contribution in [2.75, 3.05) is 11.9 Å². The average molecular weight is 378 g/mol. The number of aliphatic hydroxyl groups is 4. The third-order valence-electron chi connectivity index (χ3n) is 4.40. The molecule has 0 amide bonds. The van der Waals surface area contributed by atoms with Crippen molar-refractivity contribution < 1.29 is 30.0 Å². The van der Waals surface area contributed by atoms with Crippen LogP contribution in [0.2, 0.25) is 0 Å². The minimum atomic E-state index is -1.74. The molecule has 1 heterocycles. The van der Waals surface area contributed by atoms with Gasteiger partial charge in [-0.1, -0.05) is 6.07 Å². The van der Waals surface area contributed by atoms with Gasteiger partial charge in [-0.2, -0.15) is 0 Å². The van der Waals surface area contributed by atoms with Gasteiger partial charge < -0.3 is 35.5 Å². The Morgan fingerprint density at radius 2 is 1.93 bits per heavy atom. The lowest BCUT2D eigenvalue weighted by molar-refractivity contribution is -0.117. The summed E-state index contributed by atoms with van der Waals surface area (Å²) in [5.41, 5.74) is 0.849. The van der Waals surface area contributed by atoms with E-state index in [4.69, 9.17) is 5.11 Å². The first-order valence-electron chi connectivity index (χ1n) is 8.25. The van der Waals surface area contributed by atoms with Gasteiger partial charge in [-0.3, -0.25) is 9.59 Å². The fourth-order valence-corrected chi connectivity index (χ4v) is 2.92. The van der Waals surface area contributed by atoms with Crippen LogP contribution in [0.5, 0.6) is 0 Å². The van der Waals surface area contributed by atoms with Gasteiger partial charge in [-0.05, 0) is 31.5 Å². The van der Waals surface area contributed by atoms with Crippen molar-refractivity contribution in [2.24, 2.45) is 0 Å². The van der Waals surface area contributed by atoms with E-state index in [0.717, 1.165) is 0 Å². The van der Waals surface area contributed by atoms with Gasteiger partial charge in [-0.15, -0.1) is 0 Å². The maximum absolute atomic E-state index is 12.1. The van der Waals surface area contributed by atoms with Gasteiger partial charge in [0, 0.05) is 11.1 Å². The number of hydrogen-bond acceptors (Lipinski definition) is 8. The Kier molecular flexibility index (Phi) is 6.45. The Labute approximate surface area is 154 Å². The maximum Gasteiger partial charge on any atom is 0.259 e. The Balaban J connectivity index is 2.36. The summed E-state index contributed by atoms with van der Waals surface area (Å²) >= 11 is 0. The molecule has 0 aliphatic carbocycles. The third kappa shape index (κ3) is 4.22. The van der Waals surface area contributed by atoms with E-state index in [1.54, 1.807) is 19.1 Å². The summed E-state index contributed by atoms with van der Waals surface area (Å²) in [7, 11) is 0. The molecule has 0 saturated heterocycles. The Morgan fingerprint density at radius 3 is 2.48 bits per heavy atom. The van der Waals surface area contributed by atoms with Gasteiger partial charge in [0.15, 0.2) is 5.78 Å². The number of rotatable bonds is 8. The number of anilines is 1. The van der Waals surface area contributed by atoms with Crippen molar-refractivity contribution >= 4 is 28.7 Å².